The fourth-order valence-corrected chi connectivity index (χ4v) is 2.59. The fourth-order valence-electron chi connectivity index (χ4n) is 2.59. The maximum absolute atomic E-state index is 12.6. The number of hydrogen-bond acceptors (Lipinski definition) is 3. The maximum atomic E-state index is 12.6. The first kappa shape index (κ1) is 15.0. The molecule has 110 valence electrons. The summed E-state index contributed by atoms with van der Waals surface area (Å²) in [6, 6.07) is 8.14. The van der Waals surface area contributed by atoms with Crippen molar-refractivity contribution in [1.82, 2.24) is 4.90 Å². The van der Waals surface area contributed by atoms with Gasteiger partial charge in [-0.1, -0.05) is 29.8 Å². The van der Waals surface area contributed by atoms with Crippen LogP contribution < -0.4 is 0 Å². The average molecular weight is 277 g/mol. The first-order chi connectivity index (χ1) is 9.61. The zero-order chi connectivity index (χ0) is 14.5. The standard InChI is InChI=1S/C16H23NO3/c1-12-3-5-14(6-4-12)11-17(8-9-18)16(19)15-7-10-20-13(15)2/h3-6,13,15,18H,7-11H2,1-2H3/t13-,15-/m0/s1. The molecule has 1 amide bonds. The van der Waals surface area contributed by atoms with Crippen LogP contribution in [0.5, 0.6) is 0 Å². The van der Waals surface area contributed by atoms with Gasteiger partial charge in [0.05, 0.1) is 18.6 Å². The third kappa shape index (κ3) is 3.58. The highest BCUT2D eigenvalue weighted by atomic mass is 16.5. The summed E-state index contributed by atoms with van der Waals surface area (Å²) in [6.07, 6.45) is 0.747. The molecule has 1 heterocycles. The molecule has 1 aromatic carbocycles. The molecule has 2 rings (SSSR count). The van der Waals surface area contributed by atoms with E-state index in [1.165, 1.54) is 5.56 Å². The quantitative estimate of drug-likeness (QED) is 0.892. The van der Waals surface area contributed by atoms with Gasteiger partial charge in [0.15, 0.2) is 0 Å². The number of benzene rings is 1. The predicted octanol–water partition coefficient (Wildman–Crippen LogP) is 1.74. The van der Waals surface area contributed by atoms with Crippen LogP contribution in [0, 0.1) is 12.8 Å². The molecule has 0 saturated carbocycles. The van der Waals surface area contributed by atoms with Crippen LogP contribution in [0.2, 0.25) is 0 Å². The topological polar surface area (TPSA) is 49.8 Å². The molecule has 20 heavy (non-hydrogen) atoms. The number of aryl methyl sites for hydroxylation is 1. The molecule has 0 spiro atoms. The second-order valence-electron chi connectivity index (χ2n) is 5.44. The Kier molecular flexibility index (Phi) is 5.15. The summed E-state index contributed by atoms with van der Waals surface area (Å²) < 4.78 is 5.47. The lowest BCUT2D eigenvalue weighted by Crippen LogP contribution is -2.39. The van der Waals surface area contributed by atoms with E-state index in [2.05, 4.69) is 0 Å². The van der Waals surface area contributed by atoms with Crippen molar-refractivity contribution in [3.05, 3.63) is 35.4 Å². The Hall–Kier alpha value is -1.39. The molecule has 1 aliphatic rings. The van der Waals surface area contributed by atoms with Crippen molar-refractivity contribution >= 4 is 5.91 Å². The number of rotatable bonds is 5. The monoisotopic (exact) mass is 277 g/mol. The second kappa shape index (κ2) is 6.86. The molecule has 4 nitrogen and oxygen atoms in total. The van der Waals surface area contributed by atoms with Crippen LogP contribution in [-0.2, 0) is 16.1 Å². The molecule has 0 radical (unpaired) electrons. The Morgan fingerprint density at radius 2 is 2.10 bits per heavy atom. The summed E-state index contributed by atoms with van der Waals surface area (Å²) in [7, 11) is 0. The van der Waals surface area contributed by atoms with Crippen LogP contribution in [0.25, 0.3) is 0 Å². The predicted molar refractivity (Wildman–Crippen MR) is 77.2 cm³/mol. The van der Waals surface area contributed by atoms with E-state index < -0.39 is 0 Å². The molecule has 0 bridgehead atoms. The van der Waals surface area contributed by atoms with Gasteiger partial charge in [-0.3, -0.25) is 4.79 Å². The summed E-state index contributed by atoms with van der Waals surface area (Å²) in [5, 5.41) is 9.19. The van der Waals surface area contributed by atoms with E-state index in [1.54, 1.807) is 4.90 Å². The summed E-state index contributed by atoms with van der Waals surface area (Å²) in [5.74, 6) is 0.0108. The lowest BCUT2D eigenvalue weighted by Gasteiger charge is -2.26. The molecule has 1 N–H and O–H groups in total. The molecular formula is C16H23NO3. The minimum atomic E-state index is -0.0769. The number of nitrogens with zero attached hydrogens (tertiary/aromatic N) is 1. The van der Waals surface area contributed by atoms with E-state index in [-0.39, 0.29) is 24.5 Å². The molecule has 1 aromatic rings. The van der Waals surface area contributed by atoms with Crippen molar-refractivity contribution in [3.8, 4) is 0 Å². The van der Waals surface area contributed by atoms with E-state index >= 15 is 0 Å². The Morgan fingerprint density at radius 1 is 1.40 bits per heavy atom. The minimum Gasteiger partial charge on any atom is -0.395 e. The Morgan fingerprint density at radius 3 is 2.65 bits per heavy atom. The highest BCUT2D eigenvalue weighted by molar-refractivity contribution is 5.79. The maximum Gasteiger partial charge on any atom is 0.228 e. The van der Waals surface area contributed by atoms with E-state index in [1.807, 2.05) is 38.1 Å². The van der Waals surface area contributed by atoms with Crippen LogP contribution in [0.3, 0.4) is 0 Å². The van der Waals surface area contributed by atoms with Crippen LogP contribution in [0.1, 0.15) is 24.5 Å². The molecule has 4 heteroatoms. The van der Waals surface area contributed by atoms with E-state index in [0.29, 0.717) is 19.7 Å². The van der Waals surface area contributed by atoms with Crippen molar-refractivity contribution in [3.63, 3.8) is 0 Å². The third-order valence-electron chi connectivity index (χ3n) is 3.87. The van der Waals surface area contributed by atoms with E-state index in [9.17, 15) is 9.90 Å². The minimum absolute atomic E-state index is 0.0143. The van der Waals surface area contributed by atoms with Crippen LogP contribution in [-0.4, -0.2) is 41.8 Å². The van der Waals surface area contributed by atoms with Crippen molar-refractivity contribution in [1.29, 1.82) is 0 Å². The summed E-state index contributed by atoms with van der Waals surface area (Å²) in [4.78, 5) is 14.3. The SMILES string of the molecule is Cc1ccc(CN(CCO)C(=O)[C@H]2CCO[C@H]2C)cc1. The number of ether oxygens (including phenoxy) is 1. The van der Waals surface area contributed by atoms with Crippen molar-refractivity contribution < 1.29 is 14.6 Å². The van der Waals surface area contributed by atoms with Gasteiger partial charge in [0.25, 0.3) is 0 Å². The Labute approximate surface area is 120 Å². The van der Waals surface area contributed by atoms with Crippen molar-refractivity contribution in [2.75, 3.05) is 19.8 Å². The largest absolute Gasteiger partial charge is 0.395 e. The van der Waals surface area contributed by atoms with Crippen LogP contribution >= 0.6 is 0 Å². The molecule has 0 aliphatic carbocycles. The lowest BCUT2D eigenvalue weighted by atomic mass is 10.0. The molecule has 1 saturated heterocycles. The fraction of sp³-hybridized carbons (Fsp3) is 0.562. The number of amides is 1. The molecule has 1 fully saturated rings. The van der Waals surface area contributed by atoms with E-state index in [0.717, 1.165) is 12.0 Å². The second-order valence-corrected chi connectivity index (χ2v) is 5.44. The van der Waals surface area contributed by atoms with Crippen LogP contribution in [0.4, 0.5) is 0 Å². The molecule has 2 atom stereocenters. The van der Waals surface area contributed by atoms with Gasteiger partial charge in [0.1, 0.15) is 0 Å². The third-order valence-corrected chi connectivity index (χ3v) is 3.87. The first-order valence-corrected chi connectivity index (χ1v) is 7.18. The van der Waals surface area contributed by atoms with Gasteiger partial charge in [-0.25, -0.2) is 0 Å². The number of hydrogen-bond donors (Lipinski definition) is 1. The summed E-state index contributed by atoms with van der Waals surface area (Å²) >= 11 is 0. The molecular weight excluding hydrogens is 254 g/mol. The van der Waals surface area contributed by atoms with E-state index in [4.69, 9.17) is 4.74 Å². The van der Waals surface area contributed by atoms with Crippen LogP contribution in [0.15, 0.2) is 24.3 Å². The van der Waals surface area contributed by atoms with Gasteiger partial charge >= 0.3 is 0 Å². The highest BCUT2D eigenvalue weighted by Gasteiger charge is 2.33. The Bertz CT molecular complexity index is 444. The molecule has 0 unspecified atom stereocenters. The summed E-state index contributed by atoms with van der Waals surface area (Å²) in [6.45, 7) is 5.53. The average Bonchev–Trinajstić information content (AvgIpc) is 2.86. The highest BCUT2D eigenvalue weighted by Crippen LogP contribution is 2.23. The normalized spacial score (nSPS) is 21.9. The Balaban J connectivity index is 2.06. The van der Waals surface area contributed by atoms with Gasteiger partial charge in [0.2, 0.25) is 5.91 Å². The van der Waals surface area contributed by atoms with Crippen molar-refractivity contribution in [2.24, 2.45) is 5.92 Å². The zero-order valence-electron chi connectivity index (χ0n) is 12.2. The number of carbonyl (C=O) groups is 1. The first-order valence-electron chi connectivity index (χ1n) is 7.18. The molecule has 0 aromatic heterocycles. The van der Waals surface area contributed by atoms with Gasteiger partial charge in [-0.05, 0) is 25.8 Å². The smallest absolute Gasteiger partial charge is 0.228 e. The number of carbonyl (C=O) groups excluding carboxylic acids is 1. The van der Waals surface area contributed by atoms with Gasteiger partial charge in [-0.2, -0.15) is 0 Å². The van der Waals surface area contributed by atoms with Gasteiger partial charge < -0.3 is 14.7 Å². The lowest BCUT2D eigenvalue weighted by molar-refractivity contribution is -0.138. The van der Waals surface area contributed by atoms with Gasteiger partial charge in [0, 0.05) is 19.7 Å². The van der Waals surface area contributed by atoms with Crippen molar-refractivity contribution in [2.45, 2.75) is 32.9 Å². The summed E-state index contributed by atoms with van der Waals surface area (Å²) in [5.41, 5.74) is 2.29. The number of aliphatic hydroxyl groups excluding tert-OH is 1. The zero-order valence-corrected chi connectivity index (χ0v) is 12.2. The van der Waals surface area contributed by atoms with Gasteiger partial charge in [-0.15, -0.1) is 0 Å². The molecule has 1 aliphatic heterocycles. The number of aliphatic hydroxyl groups is 1.